The second-order valence-electron chi connectivity index (χ2n) is 4.26. The number of halogens is 1. The Kier molecular flexibility index (Phi) is 4.57. The van der Waals surface area contributed by atoms with Gasteiger partial charge >= 0.3 is 0 Å². The zero-order chi connectivity index (χ0) is 12.1. The zero-order valence-electron chi connectivity index (χ0n) is 10.0. The molecule has 0 fully saturated rings. The van der Waals surface area contributed by atoms with Crippen LogP contribution in [-0.2, 0) is 11.2 Å². The maximum Gasteiger partial charge on any atom is 0.0473 e. The van der Waals surface area contributed by atoms with E-state index in [0.29, 0.717) is 4.83 Å². The molecule has 0 N–H and O–H groups in total. The standard InChI is InChI=1S/C15H17BrO/c1-17-9-8-15(16)11-12-6-7-13-4-2-3-5-14(13)10-12/h2-7,10,15H,8-9,11H2,1H3. The summed E-state index contributed by atoms with van der Waals surface area (Å²) in [6.45, 7) is 0.809. The maximum absolute atomic E-state index is 5.09. The highest BCUT2D eigenvalue weighted by atomic mass is 79.9. The van der Waals surface area contributed by atoms with Gasteiger partial charge in [0.15, 0.2) is 0 Å². The Hall–Kier alpha value is -0.860. The van der Waals surface area contributed by atoms with E-state index in [1.54, 1.807) is 7.11 Å². The van der Waals surface area contributed by atoms with Crippen molar-refractivity contribution in [2.45, 2.75) is 17.7 Å². The fraction of sp³-hybridized carbons (Fsp3) is 0.333. The van der Waals surface area contributed by atoms with Crippen LogP contribution in [0.15, 0.2) is 42.5 Å². The third-order valence-corrected chi connectivity index (χ3v) is 3.69. The van der Waals surface area contributed by atoms with Crippen LogP contribution in [0.3, 0.4) is 0 Å². The van der Waals surface area contributed by atoms with E-state index >= 15 is 0 Å². The van der Waals surface area contributed by atoms with Crippen molar-refractivity contribution < 1.29 is 4.74 Å². The number of benzene rings is 2. The van der Waals surface area contributed by atoms with Gasteiger partial charge in [0.25, 0.3) is 0 Å². The molecule has 2 rings (SSSR count). The molecule has 1 atom stereocenters. The summed E-state index contributed by atoms with van der Waals surface area (Å²) in [5.74, 6) is 0. The predicted molar refractivity (Wildman–Crippen MR) is 76.9 cm³/mol. The van der Waals surface area contributed by atoms with Crippen LogP contribution >= 0.6 is 15.9 Å². The lowest BCUT2D eigenvalue weighted by molar-refractivity contribution is 0.194. The smallest absolute Gasteiger partial charge is 0.0473 e. The average Bonchev–Trinajstić information content (AvgIpc) is 2.36. The highest BCUT2D eigenvalue weighted by Gasteiger charge is 2.05. The van der Waals surface area contributed by atoms with Crippen LogP contribution in [0.5, 0.6) is 0 Å². The van der Waals surface area contributed by atoms with Gasteiger partial charge in [0.2, 0.25) is 0 Å². The Labute approximate surface area is 111 Å². The molecule has 0 radical (unpaired) electrons. The molecule has 0 aromatic heterocycles. The minimum atomic E-state index is 0.489. The number of hydrogen-bond donors (Lipinski definition) is 0. The van der Waals surface area contributed by atoms with Crippen LogP contribution in [0.2, 0.25) is 0 Å². The lowest BCUT2D eigenvalue weighted by Crippen LogP contribution is -2.06. The monoisotopic (exact) mass is 292 g/mol. The Morgan fingerprint density at radius 1 is 1.12 bits per heavy atom. The molecule has 0 saturated carbocycles. The highest BCUT2D eigenvalue weighted by molar-refractivity contribution is 9.09. The molecule has 0 spiro atoms. The SMILES string of the molecule is COCCC(Br)Cc1ccc2ccccc2c1. The summed E-state index contributed by atoms with van der Waals surface area (Å²) in [5.41, 5.74) is 1.38. The summed E-state index contributed by atoms with van der Waals surface area (Å²) in [6.07, 6.45) is 2.09. The molecule has 0 heterocycles. The number of fused-ring (bicyclic) bond motifs is 1. The molecule has 2 aromatic carbocycles. The first-order valence-corrected chi connectivity index (χ1v) is 6.82. The van der Waals surface area contributed by atoms with Crippen LogP contribution in [0.4, 0.5) is 0 Å². The van der Waals surface area contributed by atoms with Crippen molar-refractivity contribution in [1.82, 2.24) is 0 Å². The van der Waals surface area contributed by atoms with Crippen LogP contribution < -0.4 is 0 Å². The summed E-state index contributed by atoms with van der Waals surface area (Å²) in [5, 5.41) is 2.62. The molecule has 1 unspecified atom stereocenters. The summed E-state index contributed by atoms with van der Waals surface area (Å²) < 4.78 is 5.09. The van der Waals surface area contributed by atoms with Gasteiger partial charge < -0.3 is 4.74 Å². The van der Waals surface area contributed by atoms with Gasteiger partial charge in [0.05, 0.1) is 0 Å². The number of ether oxygens (including phenoxy) is 1. The Morgan fingerprint density at radius 3 is 2.65 bits per heavy atom. The Morgan fingerprint density at radius 2 is 1.88 bits per heavy atom. The normalized spacial score (nSPS) is 12.8. The number of methoxy groups -OCH3 is 1. The number of rotatable bonds is 5. The van der Waals surface area contributed by atoms with Crippen LogP contribution in [0, 0.1) is 0 Å². The topological polar surface area (TPSA) is 9.23 Å². The fourth-order valence-electron chi connectivity index (χ4n) is 1.97. The first kappa shape index (κ1) is 12.6. The minimum Gasteiger partial charge on any atom is -0.385 e. The third kappa shape index (κ3) is 3.55. The summed E-state index contributed by atoms with van der Waals surface area (Å²) >= 11 is 3.70. The second kappa shape index (κ2) is 6.18. The molecule has 1 nitrogen and oxygen atoms in total. The lowest BCUT2D eigenvalue weighted by Gasteiger charge is -2.09. The maximum atomic E-state index is 5.09. The Bertz CT molecular complexity index is 481. The van der Waals surface area contributed by atoms with E-state index in [9.17, 15) is 0 Å². The first-order valence-electron chi connectivity index (χ1n) is 5.90. The molecule has 17 heavy (non-hydrogen) atoms. The molecule has 0 aliphatic rings. The van der Waals surface area contributed by atoms with E-state index in [0.717, 1.165) is 19.4 Å². The Balaban J connectivity index is 2.08. The second-order valence-corrected chi connectivity index (χ2v) is 5.56. The van der Waals surface area contributed by atoms with Gasteiger partial charge in [-0.25, -0.2) is 0 Å². The van der Waals surface area contributed by atoms with Crippen molar-refractivity contribution in [2.75, 3.05) is 13.7 Å². The quantitative estimate of drug-likeness (QED) is 0.751. The zero-order valence-corrected chi connectivity index (χ0v) is 11.6. The molecule has 90 valence electrons. The average molecular weight is 293 g/mol. The molecule has 0 aliphatic heterocycles. The van der Waals surface area contributed by atoms with E-state index in [4.69, 9.17) is 4.74 Å². The van der Waals surface area contributed by atoms with Crippen molar-refractivity contribution in [2.24, 2.45) is 0 Å². The molecule has 2 heteroatoms. The van der Waals surface area contributed by atoms with Crippen LogP contribution in [0.25, 0.3) is 10.8 Å². The van der Waals surface area contributed by atoms with Crippen LogP contribution in [-0.4, -0.2) is 18.5 Å². The summed E-state index contributed by atoms with van der Waals surface area (Å²) in [6, 6.07) is 15.2. The minimum absolute atomic E-state index is 0.489. The molecule has 0 saturated heterocycles. The largest absolute Gasteiger partial charge is 0.385 e. The fourth-order valence-corrected chi connectivity index (χ4v) is 2.53. The molecule has 2 aromatic rings. The van der Waals surface area contributed by atoms with Crippen molar-refractivity contribution in [3.8, 4) is 0 Å². The van der Waals surface area contributed by atoms with E-state index < -0.39 is 0 Å². The van der Waals surface area contributed by atoms with Gasteiger partial charge in [-0.3, -0.25) is 0 Å². The van der Waals surface area contributed by atoms with Gasteiger partial charge in [-0.05, 0) is 29.2 Å². The van der Waals surface area contributed by atoms with Crippen LogP contribution in [0.1, 0.15) is 12.0 Å². The van der Waals surface area contributed by atoms with Crippen molar-refractivity contribution in [3.63, 3.8) is 0 Å². The van der Waals surface area contributed by atoms with E-state index in [2.05, 4.69) is 58.4 Å². The van der Waals surface area contributed by atoms with Gasteiger partial charge in [-0.2, -0.15) is 0 Å². The number of hydrogen-bond acceptors (Lipinski definition) is 1. The van der Waals surface area contributed by atoms with Gasteiger partial charge in [-0.15, -0.1) is 0 Å². The first-order chi connectivity index (χ1) is 8.29. The van der Waals surface area contributed by atoms with Crippen molar-refractivity contribution in [1.29, 1.82) is 0 Å². The third-order valence-electron chi connectivity index (χ3n) is 2.91. The highest BCUT2D eigenvalue weighted by Crippen LogP contribution is 2.19. The molecule has 0 amide bonds. The van der Waals surface area contributed by atoms with Crippen molar-refractivity contribution in [3.05, 3.63) is 48.0 Å². The van der Waals surface area contributed by atoms with Gasteiger partial charge in [-0.1, -0.05) is 58.4 Å². The summed E-state index contributed by atoms with van der Waals surface area (Å²) in [7, 11) is 1.75. The van der Waals surface area contributed by atoms with E-state index in [1.807, 2.05) is 0 Å². The molecule has 0 aliphatic carbocycles. The molecule has 0 bridgehead atoms. The number of alkyl halides is 1. The molecular formula is C15H17BrO. The summed E-state index contributed by atoms with van der Waals surface area (Å²) in [4.78, 5) is 0.489. The van der Waals surface area contributed by atoms with E-state index in [-0.39, 0.29) is 0 Å². The van der Waals surface area contributed by atoms with Crippen molar-refractivity contribution >= 4 is 26.7 Å². The van der Waals surface area contributed by atoms with E-state index in [1.165, 1.54) is 16.3 Å². The lowest BCUT2D eigenvalue weighted by atomic mass is 10.0. The molecular weight excluding hydrogens is 276 g/mol. The predicted octanol–water partition coefficient (Wildman–Crippen LogP) is 4.18. The van der Waals surface area contributed by atoms with Gasteiger partial charge in [0, 0.05) is 18.5 Å². The van der Waals surface area contributed by atoms with Gasteiger partial charge in [0.1, 0.15) is 0 Å².